The van der Waals surface area contributed by atoms with Gasteiger partial charge in [-0.3, -0.25) is 4.79 Å². The molecule has 1 aliphatic carbocycles. The van der Waals surface area contributed by atoms with Gasteiger partial charge in [-0.05, 0) is 30.7 Å². The van der Waals surface area contributed by atoms with Crippen LogP contribution in [0.1, 0.15) is 51.0 Å². The van der Waals surface area contributed by atoms with Gasteiger partial charge in [-0.25, -0.2) is 0 Å². The Morgan fingerprint density at radius 2 is 1.95 bits per heavy atom. The van der Waals surface area contributed by atoms with Gasteiger partial charge in [-0.2, -0.15) is 0 Å². The van der Waals surface area contributed by atoms with E-state index in [1.54, 1.807) is 0 Å². The maximum absolute atomic E-state index is 12.8. The monoisotopic (exact) mass is 289 g/mol. The lowest BCUT2D eigenvalue weighted by atomic mass is 9.78. The number of nitrogens with one attached hydrogen (secondary N) is 1. The maximum Gasteiger partial charge on any atom is 0.230 e. The molecule has 3 heteroatoms. The average molecular weight is 289 g/mol. The first-order chi connectivity index (χ1) is 10.2. The van der Waals surface area contributed by atoms with Crippen molar-refractivity contribution in [1.29, 1.82) is 0 Å². The summed E-state index contributed by atoms with van der Waals surface area (Å²) >= 11 is 0. The van der Waals surface area contributed by atoms with E-state index in [1.807, 2.05) is 18.2 Å². The molecule has 0 aliphatic heterocycles. The van der Waals surface area contributed by atoms with Gasteiger partial charge in [0.2, 0.25) is 5.91 Å². The van der Waals surface area contributed by atoms with Crippen molar-refractivity contribution in [3.8, 4) is 0 Å². The number of carbonyl (C=O) groups is 1. The SMILES string of the molecule is CCC(CCO)CNC(=O)C1(c2ccccc2)CCCC1. The number of carbonyl (C=O) groups excluding carboxylic acids is 1. The largest absolute Gasteiger partial charge is 0.396 e. The van der Waals surface area contributed by atoms with Crippen LogP contribution in [0.4, 0.5) is 0 Å². The standard InChI is InChI=1S/C18H27NO2/c1-2-15(10-13-20)14-19-17(21)18(11-6-7-12-18)16-8-4-3-5-9-16/h3-5,8-9,15,20H,2,6-7,10-14H2,1H3,(H,19,21). The van der Waals surface area contributed by atoms with Gasteiger partial charge in [-0.1, -0.05) is 56.5 Å². The molecule has 3 nitrogen and oxygen atoms in total. The van der Waals surface area contributed by atoms with Crippen molar-refractivity contribution in [2.45, 2.75) is 50.9 Å². The highest BCUT2D eigenvalue weighted by molar-refractivity contribution is 5.88. The summed E-state index contributed by atoms with van der Waals surface area (Å²) < 4.78 is 0. The lowest BCUT2D eigenvalue weighted by Crippen LogP contribution is -2.44. The van der Waals surface area contributed by atoms with Crippen LogP contribution in [-0.2, 0) is 10.2 Å². The summed E-state index contributed by atoms with van der Waals surface area (Å²) in [5.74, 6) is 0.538. The molecular formula is C18H27NO2. The van der Waals surface area contributed by atoms with Crippen LogP contribution in [0.3, 0.4) is 0 Å². The Morgan fingerprint density at radius 1 is 1.29 bits per heavy atom. The zero-order valence-electron chi connectivity index (χ0n) is 13.0. The van der Waals surface area contributed by atoms with E-state index in [0.29, 0.717) is 12.5 Å². The second-order valence-electron chi connectivity index (χ2n) is 6.15. The molecule has 2 rings (SSSR count). The van der Waals surface area contributed by atoms with Crippen LogP contribution in [0.15, 0.2) is 30.3 Å². The highest BCUT2D eigenvalue weighted by Crippen LogP contribution is 2.41. The van der Waals surface area contributed by atoms with Crippen LogP contribution in [0.5, 0.6) is 0 Å². The Kier molecular flexibility index (Phi) is 5.80. The molecule has 1 amide bonds. The zero-order valence-corrected chi connectivity index (χ0v) is 13.0. The number of amides is 1. The van der Waals surface area contributed by atoms with E-state index in [2.05, 4.69) is 24.4 Å². The van der Waals surface area contributed by atoms with E-state index >= 15 is 0 Å². The van der Waals surface area contributed by atoms with Crippen molar-refractivity contribution in [3.63, 3.8) is 0 Å². The topological polar surface area (TPSA) is 49.3 Å². The molecule has 1 aromatic rings. The van der Waals surface area contributed by atoms with E-state index in [4.69, 9.17) is 5.11 Å². The van der Waals surface area contributed by atoms with E-state index in [-0.39, 0.29) is 17.9 Å². The Bertz CT molecular complexity index is 438. The normalized spacial score (nSPS) is 18.4. The molecular weight excluding hydrogens is 262 g/mol. The van der Waals surface area contributed by atoms with Gasteiger partial charge < -0.3 is 10.4 Å². The predicted octanol–water partition coefficient (Wildman–Crippen LogP) is 3.02. The Balaban J connectivity index is 2.07. The summed E-state index contributed by atoms with van der Waals surface area (Å²) in [5.41, 5.74) is 0.814. The van der Waals surface area contributed by atoms with E-state index in [1.165, 1.54) is 0 Å². The van der Waals surface area contributed by atoms with Gasteiger partial charge in [0.1, 0.15) is 0 Å². The van der Waals surface area contributed by atoms with Gasteiger partial charge in [0, 0.05) is 13.2 Å². The Labute approximate surface area is 127 Å². The van der Waals surface area contributed by atoms with Gasteiger partial charge in [0.15, 0.2) is 0 Å². The summed E-state index contributed by atoms with van der Waals surface area (Å²) in [4.78, 5) is 12.8. The molecule has 0 spiro atoms. The highest BCUT2D eigenvalue weighted by Gasteiger charge is 2.42. The van der Waals surface area contributed by atoms with E-state index in [9.17, 15) is 4.79 Å². The third-order valence-electron chi connectivity index (χ3n) is 4.88. The summed E-state index contributed by atoms with van der Waals surface area (Å²) in [5, 5.41) is 12.2. The molecule has 0 bridgehead atoms. The molecule has 1 aromatic carbocycles. The van der Waals surface area contributed by atoms with Crippen molar-refractivity contribution in [3.05, 3.63) is 35.9 Å². The zero-order chi connectivity index (χ0) is 15.1. The number of rotatable bonds is 7. The minimum absolute atomic E-state index is 0.169. The molecule has 0 heterocycles. The van der Waals surface area contributed by atoms with Gasteiger partial charge in [-0.15, -0.1) is 0 Å². The summed E-state index contributed by atoms with van der Waals surface area (Å²) in [6.07, 6.45) is 5.87. The lowest BCUT2D eigenvalue weighted by molar-refractivity contribution is -0.126. The quantitative estimate of drug-likeness (QED) is 0.810. The van der Waals surface area contributed by atoms with Gasteiger partial charge >= 0.3 is 0 Å². The third kappa shape index (κ3) is 3.65. The molecule has 1 aliphatic rings. The highest BCUT2D eigenvalue weighted by atomic mass is 16.3. The Morgan fingerprint density at radius 3 is 2.52 bits per heavy atom. The fraction of sp³-hybridized carbons (Fsp3) is 0.611. The smallest absolute Gasteiger partial charge is 0.230 e. The molecule has 1 fully saturated rings. The van der Waals surface area contributed by atoms with Crippen LogP contribution in [-0.4, -0.2) is 24.2 Å². The van der Waals surface area contributed by atoms with Crippen LogP contribution in [0.2, 0.25) is 0 Å². The molecule has 1 unspecified atom stereocenters. The number of aliphatic hydroxyl groups is 1. The molecule has 0 saturated heterocycles. The second-order valence-corrected chi connectivity index (χ2v) is 6.15. The molecule has 2 N–H and O–H groups in total. The van der Waals surface area contributed by atoms with Crippen LogP contribution in [0.25, 0.3) is 0 Å². The van der Waals surface area contributed by atoms with Crippen molar-refractivity contribution < 1.29 is 9.90 Å². The van der Waals surface area contributed by atoms with Crippen LogP contribution in [0, 0.1) is 5.92 Å². The van der Waals surface area contributed by atoms with Crippen molar-refractivity contribution in [1.82, 2.24) is 5.32 Å². The molecule has 1 saturated carbocycles. The second kappa shape index (κ2) is 7.60. The molecule has 21 heavy (non-hydrogen) atoms. The average Bonchev–Trinajstić information content (AvgIpc) is 3.03. The number of hydrogen-bond acceptors (Lipinski definition) is 2. The Hall–Kier alpha value is -1.35. The summed E-state index contributed by atoms with van der Waals surface area (Å²) in [6.45, 7) is 2.97. The molecule has 1 atom stereocenters. The summed E-state index contributed by atoms with van der Waals surface area (Å²) in [6, 6.07) is 10.2. The first kappa shape index (κ1) is 16.0. The van der Waals surface area contributed by atoms with Crippen LogP contribution >= 0.6 is 0 Å². The van der Waals surface area contributed by atoms with Crippen molar-refractivity contribution >= 4 is 5.91 Å². The fourth-order valence-electron chi connectivity index (χ4n) is 3.42. The maximum atomic E-state index is 12.8. The van der Waals surface area contributed by atoms with Crippen molar-refractivity contribution in [2.75, 3.05) is 13.2 Å². The third-order valence-corrected chi connectivity index (χ3v) is 4.88. The van der Waals surface area contributed by atoms with Gasteiger partial charge in [0.05, 0.1) is 5.41 Å². The first-order valence-electron chi connectivity index (χ1n) is 8.17. The minimum atomic E-state index is -0.335. The number of benzene rings is 1. The predicted molar refractivity (Wildman–Crippen MR) is 85.1 cm³/mol. The molecule has 116 valence electrons. The molecule has 0 aromatic heterocycles. The fourth-order valence-corrected chi connectivity index (χ4v) is 3.42. The first-order valence-corrected chi connectivity index (χ1v) is 8.17. The minimum Gasteiger partial charge on any atom is -0.396 e. The van der Waals surface area contributed by atoms with E-state index in [0.717, 1.165) is 44.1 Å². The van der Waals surface area contributed by atoms with E-state index < -0.39 is 0 Å². The number of hydrogen-bond donors (Lipinski definition) is 2. The molecule has 0 radical (unpaired) electrons. The van der Waals surface area contributed by atoms with Crippen LogP contribution < -0.4 is 5.32 Å². The van der Waals surface area contributed by atoms with Gasteiger partial charge in [0.25, 0.3) is 0 Å². The number of aliphatic hydroxyl groups excluding tert-OH is 1. The van der Waals surface area contributed by atoms with Crippen molar-refractivity contribution in [2.24, 2.45) is 5.92 Å². The lowest BCUT2D eigenvalue weighted by Gasteiger charge is -2.29. The summed E-state index contributed by atoms with van der Waals surface area (Å²) in [7, 11) is 0.